The Morgan fingerprint density at radius 3 is 2.64 bits per heavy atom. The molecule has 0 aromatic heterocycles. The van der Waals surface area contributed by atoms with Gasteiger partial charge >= 0.3 is 2.85 Å². The number of hydrogen-bond acceptors (Lipinski definition) is 2. The van der Waals surface area contributed by atoms with Gasteiger partial charge in [0.25, 0.3) is 0 Å². The van der Waals surface area contributed by atoms with Gasteiger partial charge in [0.05, 0.1) is 0 Å². The first-order chi connectivity index (χ1) is 5.33. The number of nitrogens with two attached hydrogens (primary N) is 1. The van der Waals surface area contributed by atoms with Gasteiger partial charge in [-0.3, -0.25) is 0 Å². The first kappa shape index (κ1) is 7.60. The van der Waals surface area contributed by atoms with Crippen LogP contribution >= 0.6 is 0 Å². The second-order valence-electron chi connectivity index (χ2n) is 2.25. The maximum atomic E-state index is 8.26. The third-order valence-corrected chi connectivity index (χ3v) is 1.36. The minimum absolute atomic E-state index is 0. The average Bonchev–Trinajstić information content (AvgIpc) is 2.06. The van der Waals surface area contributed by atoms with E-state index in [4.69, 9.17) is 10.9 Å². The lowest BCUT2D eigenvalue weighted by Crippen LogP contribution is -2.14. The Labute approximate surface area is 68.1 Å². The van der Waals surface area contributed by atoms with E-state index in [1.165, 1.54) is 0 Å². The summed E-state index contributed by atoms with van der Waals surface area (Å²) in [5.41, 5.74) is 6.35. The van der Waals surface area contributed by atoms with Gasteiger partial charge in [0.15, 0.2) is 0 Å². The maximum absolute atomic E-state index is 8.26. The molecule has 0 aliphatic heterocycles. The molecule has 0 saturated carbocycles. The van der Waals surface area contributed by atoms with Crippen LogP contribution in [-0.2, 0) is 6.42 Å². The van der Waals surface area contributed by atoms with Gasteiger partial charge in [-0.1, -0.05) is 35.5 Å². The molecule has 0 heterocycles. The monoisotopic (exact) mass is 152 g/mol. The molecule has 1 aromatic rings. The van der Waals surface area contributed by atoms with E-state index < -0.39 is 0 Å². The highest BCUT2D eigenvalue weighted by Crippen LogP contribution is 1.98. The van der Waals surface area contributed by atoms with Crippen molar-refractivity contribution in [3.8, 4) is 0 Å². The van der Waals surface area contributed by atoms with Gasteiger partial charge in [-0.05, 0) is 5.56 Å². The number of hydrogen-bond donors (Lipinski definition) is 2. The number of oxime groups is 1. The second kappa shape index (κ2) is 3.61. The summed E-state index contributed by atoms with van der Waals surface area (Å²) in [7, 11) is 0. The summed E-state index contributed by atoms with van der Waals surface area (Å²) in [5, 5.41) is 11.1. The van der Waals surface area contributed by atoms with Gasteiger partial charge in [-0.15, -0.1) is 0 Å². The topological polar surface area (TPSA) is 58.6 Å². The number of amidine groups is 1. The molecule has 0 unspecified atom stereocenters. The van der Waals surface area contributed by atoms with E-state index in [0.717, 1.165) is 5.56 Å². The van der Waals surface area contributed by atoms with Crippen LogP contribution in [0.25, 0.3) is 0 Å². The van der Waals surface area contributed by atoms with Crippen LogP contribution in [0.4, 0.5) is 0 Å². The van der Waals surface area contributed by atoms with Gasteiger partial charge in [-0.25, -0.2) is 0 Å². The summed E-state index contributed by atoms with van der Waals surface area (Å²) in [6, 6.07) is 9.62. The Balaban J connectivity index is 0. The van der Waals surface area contributed by atoms with Gasteiger partial charge < -0.3 is 10.9 Å². The summed E-state index contributed by atoms with van der Waals surface area (Å²) in [5.74, 6) is 0.233. The molecule has 3 heteroatoms. The van der Waals surface area contributed by atoms with Crippen molar-refractivity contribution in [2.24, 2.45) is 10.9 Å². The predicted octanol–water partition coefficient (Wildman–Crippen LogP) is 1.20. The Kier molecular flexibility index (Phi) is 2.49. The highest BCUT2D eigenvalue weighted by Gasteiger charge is 1.94. The lowest BCUT2D eigenvalue weighted by Gasteiger charge is -1.96. The van der Waals surface area contributed by atoms with Crippen LogP contribution in [0.1, 0.15) is 8.42 Å². The van der Waals surface area contributed by atoms with Crippen LogP contribution in [0.3, 0.4) is 0 Å². The fourth-order valence-electron chi connectivity index (χ4n) is 0.840. The SMILES string of the molecule is N/C(Cc1ccccc1)=N\O.[H+].[H+]. The van der Waals surface area contributed by atoms with Crippen LogP contribution in [0, 0.1) is 0 Å². The van der Waals surface area contributed by atoms with E-state index in [-0.39, 0.29) is 8.69 Å². The summed E-state index contributed by atoms with van der Waals surface area (Å²) < 4.78 is 0. The van der Waals surface area contributed by atoms with Crippen LogP contribution < -0.4 is 5.73 Å². The normalized spacial score (nSPS) is 11.5. The quantitative estimate of drug-likeness (QED) is 0.289. The van der Waals surface area contributed by atoms with Crippen molar-refractivity contribution in [1.29, 1.82) is 0 Å². The molecular formula is C8H12N2O+2. The Hall–Kier alpha value is -1.51. The van der Waals surface area contributed by atoms with Crippen molar-refractivity contribution in [1.82, 2.24) is 0 Å². The van der Waals surface area contributed by atoms with Crippen molar-refractivity contribution in [2.45, 2.75) is 6.42 Å². The lowest BCUT2D eigenvalue weighted by atomic mass is 10.1. The number of rotatable bonds is 2. The van der Waals surface area contributed by atoms with E-state index in [1.807, 2.05) is 30.3 Å². The largest absolute Gasteiger partial charge is 1.00 e. The first-order valence-electron chi connectivity index (χ1n) is 3.33. The van der Waals surface area contributed by atoms with Crippen LogP contribution in [-0.4, -0.2) is 11.0 Å². The van der Waals surface area contributed by atoms with Gasteiger partial charge in [0.2, 0.25) is 0 Å². The highest BCUT2D eigenvalue weighted by atomic mass is 16.4. The van der Waals surface area contributed by atoms with Crippen LogP contribution in [0.15, 0.2) is 35.5 Å². The van der Waals surface area contributed by atoms with E-state index in [1.54, 1.807) is 0 Å². The fourth-order valence-corrected chi connectivity index (χ4v) is 0.840. The van der Waals surface area contributed by atoms with Crippen molar-refractivity contribution in [3.05, 3.63) is 35.9 Å². The standard InChI is InChI=1S/C8H10N2O/c9-8(10-11)6-7-4-2-1-3-5-7/h1-5,11H,6H2,(H2,9,10)/p+2. The minimum Gasteiger partial charge on any atom is -0.409 e. The van der Waals surface area contributed by atoms with Gasteiger partial charge in [0, 0.05) is 6.42 Å². The fraction of sp³-hybridized carbons (Fsp3) is 0.125. The zero-order chi connectivity index (χ0) is 8.10. The molecular weight excluding hydrogens is 140 g/mol. The smallest absolute Gasteiger partial charge is 0.409 e. The number of benzene rings is 1. The molecule has 1 rings (SSSR count). The molecule has 0 fully saturated rings. The molecule has 0 atom stereocenters. The van der Waals surface area contributed by atoms with Crippen molar-refractivity contribution < 1.29 is 8.06 Å². The summed E-state index contributed by atoms with van der Waals surface area (Å²) in [4.78, 5) is 0. The van der Waals surface area contributed by atoms with Gasteiger partial charge in [0.1, 0.15) is 5.84 Å². The molecule has 0 saturated heterocycles. The summed E-state index contributed by atoms with van der Waals surface area (Å²) in [6.07, 6.45) is 0.497. The molecule has 0 amide bonds. The van der Waals surface area contributed by atoms with E-state index in [0.29, 0.717) is 6.42 Å². The molecule has 3 N–H and O–H groups in total. The lowest BCUT2D eigenvalue weighted by molar-refractivity contribution is 0.317. The number of nitrogens with zero attached hydrogens (tertiary/aromatic N) is 1. The third-order valence-electron chi connectivity index (χ3n) is 1.36. The molecule has 0 radical (unpaired) electrons. The molecule has 0 spiro atoms. The average molecular weight is 152 g/mol. The highest BCUT2D eigenvalue weighted by molar-refractivity contribution is 5.81. The zero-order valence-electron chi connectivity index (χ0n) is 8.07. The van der Waals surface area contributed by atoms with Crippen molar-refractivity contribution in [3.63, 3.8) is 0 Å². The van der Waals surface area contributed by atoms with Gasteiger partial charge in [-0.2, -0.15) is 0 Å². The Bertz CT molecular complexity index is 252. The second-order valence-corrected chi connectivity index (χ2v) is 2.25. The molecule has 0 bridgehead atoms. The van der Waals surface area contributed by atoms with Crippen LogP contribution in [0.2, 0.25) is 0 Å². The zero-order valence-corrected chi connectivity index (χ0v) is 6.07. The summed E-state index contributed by atoms with van der Waals surface area (Å²) >= 11 is 0. The Morgan fingerprint density at radius 1 is 1.45 bits per heavy atom. The van der Waals surface area contributed by atoms with Crippen molar-refractivity contribution >= 4 is 5.84 Å². The van der Waals surface area contributed by atoms with Crippen molar-refractivity contribution in [2.75, 3.05) is 0 Å². The molecule has 3 nitrogen and oxygen atoms in total. The molecule has 1 aromatic carbocycles. The molecule has 58 valence electrons. The maximum Gasteiger partial charge on any atom is 1.00 e. The third kappa shape index (κ3) is 2.29. The predicted molar refractivity (Wildman–Crippen MR) is 45.8 cm³/mol. The van der Waals surface area contributed by atoms with E-state index in [9.17, 15) is 0 Å². The Morgan fingerprint density at radius 2 is 2.09 bits per heavy atom. The minimum atomic E-state index is 0. The first-order valence-corrected chi connectivity index (χ1v) is 3.33. The molecule has 0 aliphatic rings. The molecule has 0 aliphatic carbocycles. The van der Waals surface area contributed by atoms with E-state index in [2.05, 4.69) is 5.16 Å². The van der Waals surface area contributed by atoms with Crippen LogP contribution in [0.5, 0.6) is 0 Å². The summed E-state index contributed by atoms with van der Waals surface area (Å²) in [6.45, 7) is 0. The molecule has 11 heavy (non-hydrogen) atoms. The van der Waals surface area contributed by atoms with E-state index >= 15 is 0 Å².